The second-order valence-corrected chi connectivity index (χ2v) is 7.73. The molecule has 1 aromatic heterocycles. The number of nitrogens with one attached hydrogen (secondary N) is 1. The van der Waals surface area contributed by atoms with Gasteiger partial charge in [-0.25, -0.2) is 0 Å². The van der Waals surface area contributed by atoms with E-state index in [4.69, 9.17) is 0 Å². The zero-order chi connectivity index (χ0) is 16.4. The third-order valence-corrected chi connectivity index (χ3v) is 6.49. The molecule has 0 bridgehead atoms. The summed E-state index contributed by atoms with van der Waals surface area (Å²) in [7, 11) is 0. The predicted molar refractivity (Wildman–Crippen MR) is 101 cm³/mol. The average molecular weight is 351 g/mol. The van der Waals surface area contributed by atoms with Crippen LogP contribution in [-0.2, 0) is 5.75 Å². The summed E-state index contributed by atoms with van der Waals surface area (Å²) >= 11 is 3.68. The fraction of sp³-hybridized carbons (Fsp3) is 0.150. The minimum absolute atomic E-state index is 0.0110. The number of thiophene rings is 1. The van der Waals surface area contributed by atoms with Crippen LogP contribution in [0, 0.1) is 0 Å². The molecule has 120 valence electrons. The van der Waals surface area contributed by atoms with E-state index in [1.807, 2.05) is 42.1 Å². The molecule has 3 aromatic rings. The van der Waals surface area contributed by atoms with Gasteiger partial charge in [-0.2, -0.15) is 0 Å². The van der Waals surface area contributed by atoms with Crippen LogP contribution < -0.4 is 5.32 Å². The summed E-state index contributed by atoms with van der Waals surface area (Å²) < 4.78 is 0. The molecule has 1 aliphatic heterocycles. The van der Waals surface area contributed by atoms with E-state index in [-0.39, 0.29) is 11.8 Å². The Labute approximate surface area is 149 Å². The SMILES string of the molecule is O=C(NCC1c2ccccc2SCc2ccsc21)c1ccccc1. The van der Waals surface area contributed by atoms with Gasteiger partial charge in [0.15, 0.2) is 0 Å². The molecule has 0 aliphatic carbocycles. The van der Waals surface area contributed by atoms with Gasteiger partial charge >= 0.3 is 0 Å². The number of thioether (sulfide) groups is 1. The lowest BCUT2D eigenvalue weighted by molar-refractivity contribution is 0.0952. The van der Waals surface area contributed by atoms with Gasteiger partial charge in [-0.15, -0.1) is 23.1 Å². The van der Waals surface area contributed by atoms with Crippen molar-refractivity contribution in [2.24, 2.45) is 0 Å². The van der Waals surface area contributed by atoms with E-state index in [1.165, 1.54) is 20.9 Å². The minimum Gasteiger partial charge on any atom is -0.351 e. The van der Waals surface area contributed by atoms with Crippen molar-refractivity contribution in [3.63, 3.8) is 0 Å². The van der Waals surface area contributed by atoms with Gasteiger partial charge in [0.1, 0.15) is 0 Å². The average Bonchev–Trinajstić information content (AvgIpc) is 3.04. The van der Waals surface area contributed by atoms with Crippen LogP contribution in [0.2, 0.25) is 0 Å². The van der Waals surface area contributed by atoms with Gasteiger partial charge in [0, 0.05) is 33.6 Å². The number of hydrogen-bond acceptors (Lipinski definition) is 3. The molecule has 1 amide bonds. The molecule has 0 saturated heterocycles. The Hall–Kier alpha value is -2.04. The van der Waals surface area contributed by atoms with Crippen LogP contribution in [0.25, 0.3) is 0 Å². The number of hydrogen-bond donors (Lipinski definition) is 1. The molecule has 0 saturated carbocycles. The zero-order valence-corrected chi connectivity index (χ0v) is 14.7. The van der Waals surface area contributed by atoms with E-state index in [1.54, 1.807) is 11.3 Å². The summed E-state index contributed by atoms with van der Waals surface area (Å²) in [5.41, 5.74) is 3.41. The molecule has 1 N–H and O–H groups in total. The third-order valence-electron chi connectivity index (χ3n) is 4.28. The molecule has 2 heterocycles. The second-order valence-electron chi connectivity index (χ2n) is 5.77. The van der Waals surface area contributed by atoms with Crippen molar-refractivity contribution in [2.75, 3.05) is 6.54 Å². The maximum absolute atomic E-state index is 12.4. The topological polar surface area (TPSA) is 29.1 Å². The molecular weight excluding hydrogens is 334 g/mol. The Morgan fingerprint density at radius 1 is 1.04 bits per heavy atom. The monoisotopic (exact) mass is 351 g/mol. The van der Waals surface area contributed by atoms with E-state index in [2.05, 4.69) is 41.0 Å². The highest BCUT2D eigenvalue weighted by Crippen LogP contribution is 2.42. The van der Waals surface area contributed by atoms with Crippen molar-refractivity contribution in [1.29, 1.82) is 0 Å². The Kier molecular flexibility index (Phi) is 4.41. The predicted octanol–water partition coefficient (Wildman–Crippen LogP) is 4.92. The highest BCUT2D eigenvalue weighted by atomic mass is 32.2. The summed E-state index contributed by atoms with van der Waals surface area (Å²) in [5, 5.41) is 5.28. The standard InChI is InChI=1S/C20H17NOS2/c22-20(14-6-2-1-3-7-14)21-12-17-16-8-4-5-9-18(16)24-13-15-10-11-23-19(15)17/h1-11,17H,12-13H2,(H,21,22). The molecule has 24 heavy (non-hydrogen) atoms. The quantitative estimate of drug-likeness (QED) is 0.726. The Balaban J connectivity index is 1.62. The van der Waals surface area contributed by atoms with Gasteiger partial charge in [-0.05, 0) is 40.8 Å². The van der Waals surface area contributed by atoms with Crippen molar-refractivity contribution in [3.05, 3.63) is 87.6 Å². The molecule has 4 rings (SSSR count). The molecule has 0 fully saturated rings. The van der Waals surface area contributed by atoms with Gasteiger partial charge in [-0.1, -0.05) is 36.4 Å². The van der Waals surface area contributed by atoms with Crippen LogP contribution in [0.5, 0.6) is 0 Å². The van der Waals surface area contributed by atoms with Gasteiger partial charge in [-0.3, -0.25) is 4.79 Å². The van der Waals surface area contributed by atoms with Crippen LogP contribution in [0.4, 0.5) is 0 Å². The van der Waals surface area contributed by atoms with Crippen molar-refractivity contribution in [1.82, 2.24) is 5.32 Å². The molecular formula is C20H17NOS2. The van der Waals surface area contributed by atoms with Crippen LogP contribution in [0.1, 0.15) is 32.3 Å². The number of carbonyl (C=O) groups is 1. The first-order valence-electron chi connectivity index (χ1n) is 7.94. The van der Waals surface area contributed by atoms with Crippen molar-refractivity contribution in [2.45, 2.75) is 16.6 Å². The maximum atomic E-state index is 12.4. The molecule has 2 nitrogen and oxygen atoms in total. The first-order chi connectivity index (χ1) is 11.8. The van der Waals surface area contributed by atoms with Crippen LogP contribution in [-0.4, -0.2) is 12.5 Å². The number of rotatable bonds is 3. The first kappa shape index (κ1) is 15.5. The minimum atomic E-state index is -0.0110. The highest BCUT2D eigenvalue weighted by Gasteiger charge is 2.25. The third kappa shape index (κ3) is 2.99. The van der Waals surface area contributed by atoms with Crippen molar-refractivity contribution in [3.8, 4) is 0 Å². The maximum Gasteiger partial charge on any atom is 0.251 e. The lowest BCUT2D eigenvalue weighted by atomic mass is 9.95. The molecule has 2 aromatic carbocycles. The Bertz CT molecular complexity index is 857. The van der Waals surface area contributed by atoms with Crippen molar-refractivity contribution >= 4 is 29.0 Å². The van der Waals surface area contributed by atoms with Gasteiger partial charge in [0.25, 0.3) is 5.91 Å². The van der Waals surface area contributed by atoms with Crippen molar-refractivity contribution < 1.29 is 4.79 Å². The number of carbonyl (C=O) groups excluding carboxylic acids is 1. The smallest absolute Gasteiger partial charge is 0.251 e. The fourth-order valence-corrected chi connectivity index (χ4v) is 5.31. The summed E-state index contributed by atoms with van der Waals surface area (Å²) in [6.07, 6.45) is 0. The van der Waals surface area contributed by atoms with E-state index in [0.29, 0.717) is 12.1 Å². The fourth-order valence-electron chi connectivity index (χ4n) is 3.06. The first-order valence-corrected chi connectivity index (χ1v) is 9.80. The van der Waals surface area contributed by atoms with Crippen LogP contribution in [0.15, 0.2) is 70.9 Å². The van der Waals surface area contributed by atoms with Gasteiger partial charge in [0.05, 0.1) is 0 Å². The zero-order valence-electron chi connectivity index (χ0n) is 13.1. The normalized spacial score (nSPS) is 15.9. The largest absolute Gasteiger partial charge is 0.351 e. The van der Waals surface area contributed by atoms with E-state index >= 15 is 0 Å². The van der Waals surface area contributed by atoms with Gasteiger partial charge in [0.2, 0.25) is 0 Å². The molecule has 4 heteroatoms. The second kappa shape index (κ2) is 6.83. The summed E-state index contributed by atoms with van der Waals surface area (Å²) in [6.45, 7) is 0.624. The van der Waals surface area contributed by atoms with Gasteiger partial charge < -0.3 is 5.32 Å². The Morgan fingerprint density at radius 3 is 2.71 bits per heavy atom. The molecule has 0 spiro atoms. The molecule has 0 radical (unpaired) electrons. The summed E-state index contributed by atoms with van der Waals surface area (Å²) in [4.78, 5) is 15.1. The number of benzene rings is 2. The van der Waals surface area contributed by atoms with E-state index in [9.17, 15) is 4.79 Å². The highest BCUT2D eigenvalue weighted by molar-refractivity contribution is 7.98. The molecule has 1 unspecified atom stereocenters. The Morgan fingerprint density at radius 2 is 1.83 bits per heavy atom. The van der Waals surface area contributed by atoms with Crippen LogP contribution >= 0.6 is 23.1 Å². The van der Waals surface area contributed by atoms with E-state index in [0.717, 1.165) is 5.75 Å². The van der Waals surface area contributed by atoms with E-state index < -0.39 is 0 Å². The molecule has 1 aliphatic rings. The lowest BCUT2D eigenvalue weighted by Gasteiger charge is -2.18. The lowest BCUT2D eigenvalue weighted by Crippen LogP contribution is -2.28. The van der Waals surface area contributed by atoms with Crippen LogP contribution in [0.3, 0.4) is 0 Å². The number of amides is 1. The molecule has 1 atom stereocenters. The summed E-state index contributed by atoms with van der Waals surface area (Å²) in [6, 6.07) is 20.2. The number of fused-ring (bicyclic) bond motifs is 2. The summed E-state index contributed by atoms with van der Waals surface area (Å²) in [5.74, 6) is 1.21.